The molecule has 1 aromatic heterocycles. The number of halogens is 4. The number of carbonyl (C=O) groups is 1. The molecule has 0 unspecified atom stereocenters. The molecule has 14 heavy (non-hydrogen) atoms. The Kier molecular flexibility index (Phi) is 3.29. The first-order chi connectivity index (χ1) is 6.50. The number of pyridine rings is 1. The first-order valence-electron chi connectivity index (χ1n) is 3.32. The fourth-order valence-corrected chi connectivity index (χ4v) is 0.820. The van der Waals surface area contributed by atoms with E-state index in [4.69, 9.17) is 11.6 Å². The molecular weight excluding hydrogens is 223 g/mol. The lowest BCUT2D eigenvalue weighted by atomic mass is 10.3. The third-order valence-corrected chi connectivity index (χ3v) is 1.43. The van der Waals surface area contributed by atoms with Gasteiger partial charge in [0.25, 0.3) is 11.2 Å². The molecule has 3 nitrogen and oxygen atoms in total. The zero-order chi connectivity index (χ0) is 10.7. The van der Waals surface area contributed by atoms with Crippen molar-refractivity contribution in [3.05, 3.63) is 23.8 Å². The maximum Gasteiger partial charge on any atom is 0.387 e. The van der Waals surface area contributed by atoms with Crippen LogP contribution in [0.25, 0.3) is 0 Å². The van der Waals surface area contributed by atoms with Crippen molar-refractivity contribution in [1.82, 2.24) is 4.98 Å². The van der Waals surface area contributed by atoms with E-state index in [1.165, 1.54) is 0 Å². The maximum absolute atomic E-state index is 12.8. The molecule has 0 atom stereocenters. The van der Waals surface area contributed by atoms with E-state index in [1.54, 1.807) is 0 Å². The molecule has 0 radical (unpaired) electrons. The average molecular weight is 226 g/mol. The van der Waals surface area contributed by atoms with Gasteiger partial charge in [-0.05, 0) is 23.7 Å². The van der Waals surface area contributed by atoms with Crippen LogP contribution in [0, 0.1) is 5.95 Å². The second kappa shape index (κ2) is 4.28. The lowest BCUT2D eigenvalue weighted by Crippen LogP contribution is -2.06. The summed E-state index contributed by atoms with van der Waals surface area (Å²) in [5.41, 5.74) is -0.370. The first-order valence-corrected chi connectivity index (χ1v) is 3.69. The van der Waals surface area contributed by atoms with Crippen molar-refractivity contribution in [2.45, 2.75) is 6.61 Å². The summed E-state index contributed by atoms with van der Waals surface area (Å²) in [6.07, 6.45) is 0. The Labute approximate surface area is 81.5 Å². The van der Waals surface area contributed by atoms with E-state index in [-0.39, 0.29) is 5.69 Å². The van der Waals surface area contributed by atoms with E-state index in [0.29, 0.717) is 0 Å². The molecule has 76 valence electrons. The third-order valence-electron chi connectivity index (χ3n) is 1.23. The highest BCUT2D eigenvalue weighted by Gasteiger charge is 2.13. The minimum absolute atomic E-state index is 0.370. The van der Waals surface area contributed by atoms with Crippen LogP contribution in [-0.4, -0.2) is 16.8 Å². The molecule has 0 fully saturated rings. The van der Waals surface area contributed by atoms with Crippen LogP contribution in [0.1, 0.15) is 10.5 Å². The van der Waals surface area contributed by atoms with Gasteiger partial charge in [-0.25, -0.2) is 4.98 Å². The lowest BCUT2D eigenvalue weighted by Gasteiger charge is -2.04. The third kappa shape index (κ3) is 2.59. The van der Waals surface area contributed by atoms with Crippen LogP contribution in [0.3, 0.4) is 0 Å². The fraction of sp³-hybridized carbons (Fsp3) is 0.143. The van der Waals surface area contributed by atoms with Crippen LogP contribution < -0.4 is 4.74 Å². The highest BCUT2D eigenvalue weighted by Crippen LogP contribution is 2.18. The SMILES string of the molecule is O=C(Cl)c1ccc(OC(F)F)c(F)n1. The lowest BCUT2D eigenvalue weighted by molar-refractivity contribution is -0.0526. The van der Waals surface area contributed by atoms with Gasteiger partial charge in [0.05, 0.1) is 0 Å². The number of ether oxygens (including phenoxy) is 1. The van der Waals surface area contributed by atoms with Crippen LogP contribution in [0.5, 0.6) is 5.75 Å². The largest absolute Gasteiger partial charge is 0.430 e. The Morgan fingerprint density at radius 2 is 2.14 bits per heavy atom. The molecule has 0 saturated heterocycles. The summed E-state index contributed by atoms with van der Waals surface area (Å²) >= 11 is 4.98. The minimum Gasteiger partial charge on any atom is -0.430 e. The Bertz CT molecular complexity index is 359. The summed E-state index contributed by atoms with van der Waals surface area (Å²) in [4.78, 5) is 13.5. The second-order valence-corrected chi connectivity index (χ2v) is 2.48. The monoisotopic (exact) mass is 225 g/mol. The highest BCUT2D eigenvalue weighted by molar-refractivity contribution is 6.67. The van der Waals surface area contributed by atoms with Crippen molar-refractivity contribution < 1.29 is 22.7 Å². The Morgan fingerprint density at radius 3 is 2.57 bits per heavy atom. The molecule has 1 heterocycles. The zero-order valence-electron chi connectivity index (χ0n) is 6.51. The van der Waals surface area contributed by atoms with E-state index < -0.39 is 23.6 Å². The van der Waals surface area contributed by atoms with Crippen LogP contribution >= 0.6 is 11.6 Å². The average Bonchev–Trinajstić information content (AvgIpc) is 2.07. The molecule has 0 aliphatic heterocycles. The summed E-state index contributed by atoms with van der Waals surface area (Å²) in [6, 6.07) is 1.83. The van der Waals surface area contributed by atoms with Gasteiger partial charge in [-0.3, -0.25) is 4.79 Å². The van der Waals surface area contributed by atoms with Crippen LogP contribution in [0.2, 0.25) is 0 Å². The van der Waals surface area contributed by atoms with E-state index in [9.17, 15) is 18.0 Å². The maximum atomic E-state index is 12.8. The summed E-state index contributed by atoms with van der Waals surface area (Å²) < 4.78 is 39.8. The van der Waals surface area contributed by atoms with Crippen molar-refractivity contribution in [2.24, 2.45) is 0 Å². The summed E-state index contributed by atoms with van der Waals surface area (Å²) in [5, 5.41) is -0.979. The van der Waals surface area contributed by atoms with Gasteiger partial charge in [-0.15, -0.1) is 0 Å². The molecule has 1 rings (SSSR count). The number of alkyl halides is 2. The van der Waals surface area contributed by atoms with E-state index >= 15 is 0 Å². The molecule has 0 bridgehead atoms. The normalized spacial score (nSPS) is 10.4. The van der Waals surface area contributed by atoms with E-state index in [1.807, 2.05) is 0 Å². The molecule has 0 N–H and O–H groups in total. The number of hydrogen-bond donors (Lipinski definition) is 0. The van der Waals surface area contributed by atoms with Gasteiger partial charge in [0.15, 0.2) is 5.75 Å². The quantitative estimate of drug-likeness (QED) is 0.585. The van der Waals surface area contributed by atoms with Gasteiger partial charge >= 0.3 is 6.61 Å². The molecule has 0 aliphatic rings. The number of nitrogens with zero attached hydrogens (tertiary/aromatic N) is 1. The molecular formula is C7H3ClF3NO2. The van der Waals surface area contributed by atoms with Gasteiger partial charge < -0.3 is 4.74 Å². The van der Waals surface area contributed by atoms with Crippen molar-refractivity contribution >= 4 is 16.8 Å². The molecule has 0 aliphatic carbocycles. The van der Waals surface area contributed by atoms with Crippen LogP contribution in [0.15, 0.2) is 12.1 Å². The Hall–Kier alpha value is -1.30. The van der Waals surface area contributed by atoms with Crippen molar-refractivity contribution in [3.63, 3.8) is 0 Å². The predicted octanol–water partition coefficient (Wildman–Crippen LogP) is 2.20. The van der Waals surface area contributed by atoms with Gasteiger partial charge in [-0.2, -0.15) is 13.2 Å². The summed E-state index contributed by atoms with van der Waals surface area (Å²) in [5.74, 6) is -2.04. The zero-order valence-corrected chi connectivity index (χ0v) is 7.26. The number of aromatic nitrogens is 1. The fourth-order valence-electron chi connectivity index (χ4n) is 0.715. The Balaban J connectivity index is 2.95. The van der Waals surface area contributed by atoms with Crippen LogP contribution in [-0.2, 0) is 0 Å². The summed E-state index contributed by atoms with van der Waals surface area (Å²) in [7, 11) is 0. The van der Waals surface area contributed by atoms with Crippen molar-refractivity contribution in [3.8, 4) is 5.75 Å². The van der Waals surface area contributed by atoms with Gasteiger partial charge in [0.2, 0.25) is 0 Å². The van der Waals surface area contributed by atoms with E-state index in [0.717, 1.165) is 12.1 Å². The van der Waals surface area contributed by atoms with E-state index in [2.05, 4.69) is 9.72 Å². The van der Waals surface area contributed by atoms with Crippen LogP contribution in [0.4, 0.5) is 13.2 Å². The molecule has 7 heteroatoms. The van der Waals surface area contributed by atoms with Crippen molar-refractivity contribution in [2.75, 3.05) is 0 Å². The van der Waals surface area contributed by atoms with Gasteiger partial charge in [0.1, 0.15) is 5.69 Å². The number of carbonyl (C=O) groups excluding carboxylic acids is 1. The predicted molar refractivity (Wildman–Crippen MR) is 41.0 cm³/mol. The molecule has 0 aromatic carbocycles. The number of rotatable bonds is 3. The summed E-state index contributed by atoms with van der Waals surface area (Å²) in [6.45, 7) is -3.15. The molecule has 0 saturated carbocycles. The topological polar surface area (TPSA) is 39.2 Å². The minimum atomic E-state index is -3.15. The van der Waals surface area contributed by atoms with Crippen molar-refractivity contribution in [1.29, 1.82) is 0 Å². The van der Waals surface area contributed by atoms with Gasteiger partial charge in [0, 0.05) is 0 Å². The Morgan fingerprint density at radius 1 is 1.50 bits per heavy atom. The number of hydrogen-bond acceptors (Lipinski definition) is 3. The standard InChI is InChI=1S/C7H3ClF3NO2/c8-5(13)3-1-2-4(6(9)12-3)14-7(10)11/h1-2,7H. The molecule has 0 spiro atoms. The molecule has 1 aromatic rings. The smallest absolute Gasteiger partial charge is 0.387 e. The van der Waals surface area contributed by atoms with Gasteiger partial charge in [-0.1, -0.05) is 0 Å². The second-order valence-electron chi connectivity index (χ2n) is 2.14. The molecule has 0 amide bonds. The highest BCUT2D eigenvalue weighted by atomic mass is 35.5. The first kappa shape index (κ1) is 10.8.